The predicted molar refractivity (Wildman–Crippen MR) is 134 cm³/mol. The number of nitrogens with one attached hydrogen (secondary N) is 1. The Morgan fingerprint density at radius 1 is 1.20 bits per heavy atom. The highest BCUT2D eigenvalue weighted by molar-refractivity contribution is 5.95. The van der Waals surface area contributed by atoms with Gasteiger partial charge in [-0.2, -0.15) is 10.1 Å². The second-order valence-electron chi connectivity index (χ2n) is 9.17. The van der Waals surface area contributed by atoms with Crippen LogP contribution in [0.25, 0.3) is 16.8 Å². The van der Waals surface area contributed by atoms with Crippen LogP contribution in [0.1, 0.15) is 55.2 Å². The molecule has 1 aromatic carbocycles. The average molecular weight is 474 g/mol. The molecule has 9 heteroatoms. The molecule has 1 aliphatic rings. The fourth-order valence-electron chi connectivity index (χ4n) is 4.69. The first-order chi connectivity index (χ1) is 17.0. The number of hydrogen-bond acceptors (Lipinski definition) is 6. The summed E-state index contributed by atoms with van der Waals surface area (Å²) < 4.78 is 9.16. The van der Waals surface area contributed by atoms with Crippen LogP contribution in [0.3, 0.4) is 0 Å². The van der Waals surface area contributed by atoms with Gasteiger partial charge < -0.3 is 15.8 Å². The van der Waals surface area contributed by atoms with Crippen molar-refractivity contribution in [2.24, 2.45) is 5.92 Å². The molecule has 2 atom stereocenters. The third-order valence-corrected chi connectivity index (χ3v) is 6.75. The largest absolute Gasteiger partial charge is 0.381 e. The SMILES string of the molecule is CCC(C)NC(=O)c1cc(-c2cnn(C(c3ccccc3)C3CCOCC3)c2)cc2nc(N)nn12. The molecule has 35 heavy (non-hydrogen) atoms. The minimum atomic E-state index is -0.215. The van der Waals surface area contributed by atoms with E-state index < -0.39 is 0 Å². The number of carbonyl (C=O) groups excluding carboxylic acids is 1. The molecule has 1 aliphatic heterocycles. The number of fused-ring (bicyclic) bond motifs is 1. The van der Waals surface area contributed by atoms with Crippen LogP contribution in [0, 0.1) is 5.92 Å². The van der Waals surface area contributed by atoms with Crippen molar-refractivity contribution >= 4 is 17.5 Å². The van der Waals surface area contributed by atoms with Crippen molar-refractivity contribution in [2.75, 3.05) is 18.9 Å². The van der Waals surface area contributed by atoms with E-state index in [1.54, 1.807) is 0 Å². The first-order valence-electron chi connectivity index (χ1n) is 12.2. The van der Waals surface area contributed by atoms with Crippen LogP contribution in [0.4, 0.5) is 5.95 Å². The number of nitrogens with two attached hydrogens (primary N) is 1. The third-order valence-electron chi connectivity index (χ3n) is 6.75. The van der Waals surface area contributed by atoms with Gasteiger partial charge in [-0.15, -0.1) is 5.10 Å². The van der Waals surface area contributed by atoms with Crippen LogP contribution in [-0.2, 0) is 4.74 Å². The number of ether oxygens (including phenoxy) is 1. The number of aromatic nitrogens is 5. The summed E-state index contributed by atoms with van der Waals surface area (Å²) in [4.78, 5) is 17.4. The lowest BCUT2D eigenvalue weighted by Crippen LogP contribution is -2.33. The van der Waals surface area contributed by atoms with Gasteiger partial charge >= 0.3 is 0 Å². The zero-order valence-electron chi connectivity index (χ0n) is 20.1. The van der Waals surface area contributed by atoms with Crippen LogP contribution in [-0.4, -0.2) is 49.5 Å². The van der Waals surface area contributed by atoms with Crippen LogP contribution >= 0.6 is 0 Å². The van der Waals surface area contributed by atoms with E-state index in [9.17, 15) is 4.79 Å². The zero-order valence-corrected chi connectivity index (χ0v) is 20.1. The number of pyridine rings is 1. The fourth-order valence-corrected chi connectivity index (χ4v) is 4.69. The Balaban J connectivity index is 1.54. The molecule has 4 aromatic rings. The highest BCUT2D eigenvalue weighted by Gasteiger charge is 2.28. The molecule has 0 aliphatic carbocycles. The molecular formula is C26H31N7O2. The average Bonchev–Trinajstić information content (AvgIpc) is 3.51. The molecule has 0 saturated carbocycles. The number of nitrogens with zero attached hydrogens (tertiary/aromatic N) is 5. The van der Waals surface area contributed by atoms with E-state index in [-0.39, 0.29) is 23.9 Å². The number of carbonyl (C=O) groups is 1. The molecule has 5 rings (SSSR count). The monoisotopic (exact) mass is 473 g/mol. The van der Waals surface area contributed by atoms with Gasteiger partial charge in [0.15, 0.2) is 5.65 Å². The number of anilines is 1. The lowest BCUT2D eigenvalue weighted by Gasteiger charge is -2.31. The van der Waals surface area contributed by atoms with E-state index in [2.05, 4.69) is 45.9 Å². The first kappa shape index (κ1) is 23.0. The number of hydrogen-bond donors (Lipinski definition) is 2. The van der Waals surface area contributed by atoms with Gasteiger partial charge in [-0.05, 0) is 55.4 Å². The standard InChI is InChI=1S/C26H31N7O2/c1-3-17(2)29-25(34)22-13-20(14-23-30-26(27)31-33(22)23)21-15-28-32(16-21)24(18-7-5-4-6-8-18)19-9-11-35-12-10-19/h4-8,13-17,19,24H,3,9-12H2,1-2H3,(H2,27,31)(H,29,34). The molecule has 1 fully saturated rings. The van der Waals surface area contributed by atoms with E-state index in [0.29, 0.717) is 17.3 Å². The Hall–Kier alpha value is -3.72. The Kier molecular flexibility index (Phi) is 6.50. The molecule has 3 aromatic heterocycles. The van der Waals surface area contributed by atoms with Crippen molar-refractivity contribution in [3.8, 4) is 11.1 Å². The second-order valence-corrected chi connectivity index (χ2v) is 9.17. The fraction of sp³-hybridized carbons (Fsp3) is 0.385. The number of benzene rings is 1. The van der Waals surface area contributed by atoms with E-state index in [1.165, 1.54) is 10.1 Å². The molecule has 3 N–H and O–H groups in total. The maximum Gasteiger partial charge on any atom is 0.270 e. The van der Waals surface area contributed by atoms with Gasteiger partial charge in [0.25, 0.3) is 5.91 Å². The molecule has 9 nitrogen and oxygen atoms in total. The van der Waals surface area contributed by atoms with Gasteiger partial charge in [-0.1, -0.05) is 37.3 Å². The minimum absolute atomic E-state index is 0.0379. The Morgan fingerprint density at radius 3 is 2.71 bits per heavy atom. The van der Waals surface area contributed by atoms with Gasteiger partial charge in [-0.25, -0.2) is 4.52 Å². The van der Waals surface area contributed by atoms with Gasteiger partial charge in [0.05, 0.1) is 12.2 Å². The van der Waals surface area contributed by atoms with Crippen molar-refractivity contribution in [1.29, 1.82) is 0 Å². The molecule has 4 heterocycles. The van der Waals surface area contributed by atoms with E-state index in [1.807, 2.05) is 42.9 Å². The summed E-state index contributed by atoms with van der Waals surface area (Å²) in [6.45, 7) is 5.53. The highest BCUT2D eigenvalue weighted by atomic mass is 16.5. The summed E-state index contributed by atoms with van der Waals surface area (Å²) in [6.07, 6.45) is 6.69. The van der Waals surface area contributed by atoms with Crippen molar-refractivity contribution in [2.45, 2.75) is 45.2 Å². The highest BCUT2D eigenvalue weighted by Crippen LogP contribution is 2.34. The first-order valence-corrected chi connectivity index (χ1v) is 12.2. The van der Waals surface area contributed by atoms with Crippen LogP contribution < -0.4 is 11.1 Å². The Labute approximate surface area is 204 Å². The molecule has 0 spiro atoms. The van der Waals surface area contributed by atoms with Crippen molar-refractivity contribution in [3.05, 3.63) is 66.1 Å². The summed E-state index contributed by atoms with van der Waals surface area (Å²) in [6, 6.07) is 14.3. The van der Waals surface area contributed by atoms with Gasteiger partial charge in [0.1, 0.15) is 5.69 Å². The van der Waals surface area contributed by atoms with Crippen molar-refractivity contribution in [1.82, 2.24) is 29.7 Å². The second kappa shape index (κ2) is 9.87. The molecular weight excluding hydrogens is 442 g/mol. The summed E-state index contributed by atoms with van der Waals surface area (Å²) >= 11 is 0. The van der Waals surface area contributed by atoms with Crippen LogP contribution in [0.2, 0.25) is 0 Å². The van der Waals surface area contributed by atoms with Gasteiger partial charge in [0, 0.05) is 31.0 Å². The maximum absolute atomic E-state index is 13.1. The Morgan fingerprint density at radius 2 is 1.97 bits per heavy atom. The molecule has 1 amide bonds. The minimum Gasteiger partial charge on any atom is -0.381 e. The number of amides is 1. The van der Waals surface area contributed by atoms with Crippen LogP contribution in [0.15, 0.2) is 54.9 Å². The molecule has 1 saturated heterocycles. The smallest absolute Gasteiger partial charge is 0.270 e. The lowest BCUT2D eigenvalue weighted by molar-refractivity contribution is 0.0527. The topological polar surface area (TPSA) is 112 Å². The zero-order chi connectivity index (χ0) is 24.4. The quantitative estimate of drug-likeness (QED) is 0.423. The van der Waals surface area contributed by atoms with Crippen molar-refractivity contribution in [3.63, 3.8) is 0 Å². The van der Waals surface area contributed by atoms with Crippen molar-refractivity contribution < 1.29 is 9.53 Å². The normalized spacial score (nSPS) is 16.3. The van der Waals surface area contributed by atoms with E-state index in [0.717, 1.165) is 43.6 Å². The molecule has 2 unspecified atom stereocenters. The maximum atomic E-state index is 13.1. The molecule has 0 radical (unpaired) electrons. The summed E-state index contributed by atoms with van der Waals surface area (Å²) in [5, 5.41) is 12.0. The Bertz CT molecular complexity index is 1310. The third kappa shape index (κ3) is 4.77. The number of rotatable bonds is 7. The lowest BCUT2D eigenvalue weighted by atomic mass is 9.87. The molecule has 0 bridgehead atoms. The predicted octanol–water partition coefficient (Wildman–Crippen LogP) is 3.72. The summed E-state index contributed by atoms with van der Waals surface area (Å²) in [5.41, 5.74) is 9.74. The van der Waals surface area contributed by atoms with Gasteiger partial charge in [0.2, 0.25) is 5.95 Å². The number of nitrogen functional groups attached to an aromatic ring is 1. The van der Waals surface area contributed by atoms with Gasteiger partial charge in [-0.3, -0.25) is 9.48 Å². The van der Waals surface area contributed by atoms with Crippen LogP contribution in [0.5, 0.6) is 0 Å². The molecule has 182 valence electrons. The van der Waals surface area contributed by atoms with E-state index in [4.69, 9.17) is 15.6 Å². The summed E-state index contributed by atoms with van der Waals surface area (Å²) in [7, 11) is 0. The van der Waals surface area contributed by atoms with E-state index >= 15 is 0 Å². The summed E-state index contributed by atoms with van der Waals surface area (Å²) in [5.74, 6) is 0.335.